The third-order valence-corrected chi connectivity index (χ3v) is 5.16. The van der Waals surface area contributed by atoms with Crippen molar-refractivity contribution in [1.29, 1.82) is 0 Å². The summed E-state index contributed by atoms with van der Waals surface area (Å²) in [6.45, 7) is 11.3. The first-order valence-electron chi connectivity index (χ1n) is 10.5. The molecule has 168 valence electrons. The number of nitrogens with zero attached hydrogens (tertiary/aromatic N) is 1. The molecule has 1 aliphatic heterocycles. The number of urea groups is 1. The van der Waals surface area contributed by atoms with Gasteiger partial charge in [-0.1, -0.05) is 24.8 Å². The zero-order valence-corrected chi connectivity index (χ0v) is 18.7. The minimum atomic E-state index is -0.531. The minimum absolute atomic E-state index is 0.107. The molecule has 2 heterocycles. The van der Waals surface area contributed by atoms with Crippen LogP contribution in [0.5, 0.6) is 0 Å². The summed E-state index contributed by atoms with van der Waals surface area (Å²) < 4.78 is 10.6. The smallest absolute Gasteiger partial charge is 0.407 e. The molecule has 0 aliphatic carbocycles. The van der Waals surface area contributed by atoms with Crippen LogP contribution in [0.25, 0.3) is 10.9 Å². The van der Waals surface area contributed by atoms with E-state index in [0.717, 1.165) is 22.2 Å². The van der Waals surface area contributed by atoms with Gasteiger partial charge in [-0.25, -0.2) is 9.59 Å². The maximum absolute atomic E-state index is 12.8. The van der Waals surface area contributed by atoms with Crippen LogP contribution in [0.3, 0.4) is 0 Å². The number of hydrogen-bond acceptors (Lipinski definition) is 4. The molecule has 1 aliphatic rings. The average molecular weight is 429 g/mol. The number of amides is 3. The van der Waals surface area contributed by atoms with Crippen LogP contribution in [0.1, 0.15) is 44.4 Å². The number of alkyl carbamates (subject to hydrolysis) is 1. The van der Waals surface area contributed by atoms with Crippen molar-refractivity contribution in [2.24, 2.45) is 0 Å². The second kappa shape index (κ2) is 9.32. The highest BCUT2D eigenvalue weighted by Gasteiger charge is 2.33. The van der Waals surface area contributed by atoms with Gasteiger partial charge < -0.3 is 30.0 Å². The first kappa shape index (κ1) is 22.5. The highest BCUT2D eigenvalue weighted by atomic mass is 16.6. The van der Waals surface area contributed by atoms with Gasteiger partial charge in [-0.05, 0) is 38.8 Å². The topological polar surface area (TPSA) is 95.7 Å². The number of aromatic amines is 1. The van der Waals surface area contributed by atoms with Gasteiger partial charge in [-0.15, -0.1) is 0 Å². The standard InChI is InChI=1S/C23H32N4O4/c1-15(30-5)17-13-27(14-19-20(17)16-9-6-7-10-18(16)26-19)21(28)24-11-8-12-25-22(29)31-23(2,3)4/h6-7,9-10,17,26H,1,8,11-14H2,2-5H3,(H,24,28)(H,25,29). The van der Waals surface area contributed by atoms with E-state index in [1.807, 2.05) is 39.0 Å². The molecule has 0 radical (unpaired) electrons. The molecule has 1 atom stereocenters. The number of aromatic nitrogens is 1. The summed E-state index contributed by atoms with van der Waals surface area (Å²) in [6, 6.07) is 7.94. The molecule has 8 heteroatoms. The molecule has 0 bridgehead atoms. The van der Waals surface area contributed by atoms with Crippen LogP contribution in [-0.2, 0) is 16.0 Å². The number of benzene rings is 1. The number of nitrogens with one attached hydrogen (secondary N) is 3. The lowest BCUT2D eigenvalue weighted by molar-refractivity contribution is 0.0527. The highest BCUT2D eigenvalue weighted by molar-refractivity contribution is 5.86. The van der Waals surface area contributed by atoms with Gasteiger partial charge in [-0.3, -0.25) is 0 Å². The predicted molar refractivity (Wildman–Crippen MR) is 120 cm³/mol. The van der Waals surface area contributed by atoms with Gasteiger partial charge >= 0.3 is 12.1 Å². The Bertz CT molecular complexity index is 960. The van der Waals surface area contributed by atoms with E-state index in [1.54, 1.807) is 12.0 Å². The van der Waals surface area contributed by atoms with Crippen LogP contribution in [0.2, 0.25) is 0 Å². The number of fused-ring (bicyclic) bond motifs is 3. The van der Waals surface area contributed by atoms with E-state index < -0.39 is 11.7 Å². The number of ether oxygens (including phenoxy) is 2. The molecule has 0 fully saturated rings. The summed E-state index contributed by atoms with van der Waals surface area (Å²) in [7, 11) is 1.60. The summed E-state index contributed by atoms with van der Waals surface area (Å²) in [5.41, 5.74) is 2.65. The minimum Gasteiger partial charge on any atom is -0.501 e. The molecule has 1 aromatic carbocycles. The Morgan fingerprint density at radius 3 is 2.65 bits per heavy atom. The highest BCUT2D eigenvalue weighted by Crippen LogP contribution is 2.38. The zero-order chi connectivity index (χ0) is 22.6. The van der Waals surface area contributed by atoms with E-state index in [2.05, 4.69) is 28.3 Å². The molecule has 0 saturated heterocycles. The normalized spacial score (nSPS) is 15.9. The van der Waals surface area contributed by atoms with Crippen molar-refractivity contribution in [3.05, 3.63) is 47.9 Å². The van der Waals surface area contributed by atoms with Crippen molar-refractivity contribution in [2.75, 3.05) is 26.7 Å². The second-order valence-corrected chi connectivity index (χ2v) is 8.68. The molecule has 0 saturated carbocycles. The second-order valence-electron chi connectivity index (χ2n) is 8.68. The van der Waals surface area contributed by atoms with E-state index >= 15 is 0 Å². The summed E-state index contributed by atoms with van der Waals surface area (Å²) >= 11 is 0. The monoisotopic (exact) mass is 428 g/mol. The number of carbonyl (C=O) groups is 2. The third kappa shape index (κ3) is 5.51. The molecule has 31 heavy (non-hydrogen) atoms. The van der Waals surface area contributed by atoms with Crippen LogP contribution in [-0.4, -0.2) is 54.4 Å². The first-order chi connectivity index (χ1) is 14.7. The number of hydrogen-bond donors (Lipinski definition) is 3. The summed E-state index contributed by atoms with van der Waals surface area (Å²) in [6.07, 6.45) is 0.145. The van der Waals surface area contributed by atoms with Gasteiger partial charge in [0.05, 0.1) is 25.3 Å². The number of methoxy groups -OCH3 is 1. The van der Waals surface area contributed by atoms with Gasteiger partial charge in [-0.2, -0.15) is 0 Å². The van der Waals surface area contributed by atoms with E-state index in [1.165, 1.54) is 0 Å². The Kier molecular flexibility index (Phi) is 6.77. The number of carbonyl (C=O) groups excluding carboxylic acids is 2. The molecule has 8 nitrogen and oxygen atoms in total. The van der Waals surface area contributed by atoms with Crippen LogP contribution < -0.4 is 10.6 Å². The Morgan fingerprint density at radius 1 is 1.23 bits per heavy atom. The fourth-order valence-corrected chi connectivity index (χ4v) is 3.77. The third-order valence-electron chi connectivity index (χ3n) is 5.16. The number of rotatable bonds is 6. The fourth-order valence-electron chi connectivity index (χ4n) is 3.77. The number of H-pyrrole nitrogens is 1. The fraction of sp³-hybridized carbons (Fsp3) is 0.478. The molecule has 1 unspecified atom stereocenters. The Hall–Kier alpha value is -3.16. The summed E-state index contributed by atoms with van der Waals surface area (Å²) in [5.74, 6) is 0.523. The van der Waals surface area contributed by atoms with Crippen LogP contribution in [0, 0.1) is 0 Å². The Labute approximate surface area is 183 Å². The van der Waals surface area contributed by atoms with E-state index in [-0.39, 0.29) is 11.9 Å². The lowest BCUT2D eigenvalue weighted by Gasteiger charge is -2.33. The molecule has 0 spiro atoms. The molecule has 3 N–H and O–H groups in total. The maximum Gasteiger partial charge on any atom is 0.407 e. The Balaban J connectivity index is 1.57. The van der Waals surface area contributed by atoms with Gasteiger partial charge in [0.1, 0.15) is 5.60 Å². The maximum atomic E-state index is 12.8. The average Bonchev–Trinajstić information content (AvgIpc) is 3.09. The van der Waals surface area contributed by atoms with Gasteiger partial charge in [0.2, 0.25) is 0 Å². The predicted octanol–water partition coefficient (Wildman–Crippen LogP) is 3.85. The van der Waals surface area contributed by atoms with Crippen LogP contribution in [0.15, 0.2) is 36.6 Å². The van der Waals surface area contributed by atoms with Gasteiger partial charge in [0.25, 0.3) is 0 Å². The lowest BCUT2D eigenvalue weighted by atomic mass is 9.90. The summed E-state index contributed by atoms with van der Waals surface area (Å²) in [5, 5.41) is 6.75. The van der Waals surface area contributed by atoms with Crippen molar-refractivity contribution < 1.29 is 19.1 Å². The molecular weight excluding hydrogens is 396 g/mol. The summed E-state index contributed by atoms with van der Waals surface area (Å²) in [4.78, 5) is 29.6. The van der Waals surface area contributed by atoms with Gasteiger partial charge in [0, 0.05) is 36.2 Å². The Morgan fingerprint density at radius 2 is 1.94 bits per heavy atom. The SMILES string of the molecule is C=C(OC)C1CN(C(=O)NCCCNC(=O)OC(C)(C)C)Cc2[nH]c3ccccc3c21. The van der Waals surface area contributed by atoms with Crippen LogP contribution in [0.4, 0.5) is 9.59 Å². The van der Waals surface area contributed by atoms with Crippen LogP contribution >= 0.6 is 0 Å². The molecule has 3 rings (SSSR count). The molecular formula is C23H32N4O4. The van der Waals surface area contributed by atoms with E-state index in [4.69, 9.17) is 9.47 Å². The molecule has 3 amide bonds. The first-order valence-corrected chi connectivity index (χ1v) is 10.5. The van der Waals surface area contributed by atoms with Crippen molar-refractivity contribution >= 4 is 23.0 Å². The van der Waals surface area contributed by atoms with Gasteiger partial charge in [0.15, 0.2) is 0 Å². The zero-order valence-electron chi connectivity index (χ0n) is 18.7. The largest absolute Gasteiger partial charge is 0.501 e. The van der Waals surface area contributed by atoms with E-state index in [0.29, 0.717) is 38.4 Å². The van der Waals surface area contributed by atoms with Crippen molar-refractivity contribution in [1.82, 2.24) is 20.5 Å². The quantitative estimate of drug-likeness (QED) is 0.481. The number of para-hydroxylation sites is 1. The van der Waals surface area contributed by atoms with Crippen molar-refractivity contribution in [2.45, 2.75) is 45.3 Å². The lowest BCUT2D eigenvalue weighted by Crippen LogP contribution is -2.45. The van der Waals surface area contributed by atoms with E-state index in [9.17, 15) is 9.59 Å². The van der Waals surface area contributed by atoms with Crippen molar-refractivity contribution in [3.8, 4) is 0 Å². The molecule has 1 aromatic heterocycles. The molecule has 2 aromatic rings. The van der Waals surface area contributed by atoms with Crippen molar-refractivity contribution in [3.63, 3.8) is 0 Å².